The minimum Gasteiger partial charge on any atom is -0.398 e. The molecule has 0 saturated carbocycles. The number of hydrogen-bond donors (Lipinski definition) is 1. The number of aldehydes is 1. The van der Waals surface area contributed by atoms with E-state index in [1.54, 1.807) is 12.1 Å². The molecule has 2 N–H and O–H groups in total. The van der Waals surface area contributed by atoms with E-state index < -0.39 is 0 Å². The standard InChI is InChI=1S/C7H7NOS/c1-5(8)7-3-2-6(4-9)10-7/h2-4H,1,8H2. The summed E-state index contributed by atoms with van der Waals surface area (Å²) in [4.78, 5) is 11.7. The van der Waals surface area contributed by atoms with Crippen molar-refractivity contribution >= 4 is 23.3 Å². The lowest BCUT2D eigenvalue weighted by atomic mass is 10.4. The lowest BCUT2D eigenvalue weighted by Crippen LogP contribution is -1.88. The number of rotatable bonds is 2. The number of hydrogen-bond acceptors (Lipinski definition) is 3. The van der Waals surface area contributed by atoms with Crippen LogP contribution in [0.25, 0.3) is 5.70 Å². The van der Waals surface area contributed by atoms with E-state index in [-0.39, 0.29) is 0 Å². The van der Waals surface area contributed by atoms with Gasteiger partial charge >= 0.3 is 0 Å². The molecule has 10 heavy (non-hydrogen) atoms. The van der Waals surface area contributed by atoms with E-state index in [1.807, 2.05) is 0 Å². The van der Waals surface area contributed by atoms with Crippen LogP contribution >= 0.6 is 11.3 Å². The molecule has 0 spiro atoms. The monoisotopic (exact) mass is 153 g/mol. The summed E-state index contributed by atoms with van der Waals surface area (Å²) < 4.78 is 0. The predicted octanol–water partition coefficient (Wildman–Crippen LogP) is 1.49. The summed E-state index contributed by atoms with van der Waals surface area (Å²) in [6.07, 6.45) is 0.803. The van der Waals surface area contributed by atoms with Crippen molar-refractivity contribution in [3.8, 4) is 0 Å². The van der Waals surface area contributed by atoms with Crippen molar-refractivity contribution in [3.63, 3.8) is 0 Å². The van der Waals surface area contributed by atoms with Crippen LogP contribution in [0.1, 0.15) is 14.5 Å². The SMILES string of the molecule is C=C(N)c1ccc(C=O)s1. The lowest BCUT2D eigenvalue weighted by Gasteiger charge is -1.88. The minimum absolute atomic E-state index is 0.512. The first-order chi connectivity index (χ1) is 4.74. The summed E-state index contributed by atoms with van der Waals surface area (Å²) >= 11 is 1.35. The fourth-order valence-corrected chi connectivity index (χ4v) is 1.29. The second-order valence-electron chi connectivity index (χ2n) is 1.85. The van der Waals surface area contributed by atoms with Crippen LogP contribution in [0.3, 0.4) is 0 Å². The Balaban J connectivity index is 2.98. The van der Waals surface area contributed by atoms with Gasteiger partial charge < -0.3 is 5.73 Å². The van der Waals surface area contributed by atoms with Crippen LogP contribution in [0.4, 0.5) is 0 Å². The molecule has 0 aliphatic carbocycles. The highest BCUT2D eigenvalue weighted by Crippen LogP contribution is 2.18. The molecule has 52 valence electrons. The third-order valence-electron chi connectivity index (χ3n) is 1.06. The van der Waals surface area contributed by atoms with Gasteiger partial charge in [-0.2, -0.15) is 0 Å². The summed E-state index contributed by atoms with van der Waals surface area (Å²) in [6.45, 7) is 3.55. The number of nitrogens with two attached hydrogens (primary N) is 1. The number of thiophene rings is 1. The highest BCUT2D eigenvalue weighted by molar-refractivity contribution is 7.14. The zero-order chi connectivity index (χ0) is 7.56. The summed E-state index contributed by atoms with van der Waals surface area (Å²) in [6, 6.07) is 3.52. The fraction of sp³-hybridized carbons (Fsp3) is 0. The van der Waals surface area contributed by atoms with Gasteiger partial charge in [0.05, 0.1) is 9.75 Å². The van der Waals surface area contributed by atoms with E-state index in [0.717, 1.165) is 11.2 Å². The van der Waals surface area contributed by atoms with Crippen LogP contribution in [0.2, 0.25) is 0 Å². The van der Waals surface area contributed by atoms with Crippen LogP contribution < -0.4 is 5.73 Å². The van der Waals surface area contributed by atoms with Gasteiger partial charge in [-0.25, -0.2) is 0 Å². The van der Waals surface area contributed by atoms with Crippen LogP contribution in [0.5, 0.6) is 0 Å². The molecule has 1 rings (SSSR count). The molecule has 0 bridgehead atoms. The summed E-state index contributed by atoms with van der Waals surface area (Å²) in [7, 11) is 0. The first-order valence-electron chi connectivity index (χ1n) is 2.74. The van der Waals surface area contributed by atoms with Crippen LogP contribution in [-0.2, 0) is 0 Å². The highest BCUT2D eigenvalue weighted by atomic mass is 32.1. The first-order valence-corrected chi connectivity index (χ1v) is 3.55. The second-order valence-corrected chi connectivity index (χ2v) is 2.96. The third-order valence-corrected chi connectivity index (χ3v) is 2.15. The van der Waals surface area contributed by atoms with E-state index in [2.05, 4.69) is 6.58 Å². The molecule has 0 unspecified atom stereocenters. The van der Waals surface area contributed by atoms with Gasteiger partial charge in [-0.3, -0.25) is 4.79 Å². The number of carbonyl (C=O) groups excluding carboxylic acids is 1. The highest BCUT2D eigenvalue weighted by Gasteiger charge is 1.97. The van der Waals surface area contributed by atoms with Crippen molar-refractivity contribution < 1.29 is 4.79 Å². The topological polar surface area (TPSA) is 43.1 Å². The molecule has 0 radical (unpaired) electrons. The van der Waals surface area contributed by atoms with E-state index in [1.165, 1.54) is 11.3 Å². The molecule has 0 aromatic carbocycles. The molecule has 0 aliphatic heterocycles. The second kappa shape index (κ2) is 2.66. The Bertz CT molecular complexity index is 264. The van der Waals surface area contributed by atoms with E-state index in [9.17, 15) is 4.79 Å². The van der Waals surface area contributed by atoms with Gasteiger partial charge in [0.15, 0.2) is 6.29 Å². The van der Waals surface area contributed by atoms with Crippen molar-refractivity contribution in [1.82, 2.24) is 0 Å². The molecule has 2 nitrogen and oxygen atoms in total. The maximum absolute atomic E-state index is 10.2. The zero-order valence-corrected chi connectivity index (χ0v) is 6.15. The van der Waals surface area contributed by atoms with Crippen molar-refractivity contribution in [2.75, 3.05) is 0 Å². The van der Waals surface area contributed by atoms with Gasteiger partial charge in [-0.15, -0.1) is 11.3 Å². The van der Waals surface area contributed by atoms with Gasteiger partial charge in [0.1, 0.15) is 0 Å². The Morgan fingerprint density at radius 2 is 2.40 bits per heavy atom. The molecule has 0 aliphatic rings. The minimum atomic E-state index is 0.512. The predicted molar refractivity (Wildman–Crippen MR) is 42.9 cm³/mol. The number of carbonyl (C=O) groups is 1. The molecule has 3 heteroatoms. The molecule has 0 atom stereocenters. The maximum atomic E-state index is 10.2. The summed E-state index contributed by atoms with van der Waals surface area (Å²) in [5.74, 6) is 0. The largest absolute Gasteiger partial charge is 0.398 e. The van der Waals surface area contributed by atoms with Gasteiger partial charge in [-0.1, -0.05) is 6.58 Å². The lowest BCUT2D eigenvalue weighted by molar-refractivity contribution is 0.112. The smallest absolute Gasteiger partial charge is 0.160 e. The maximum Gasteiger partial charge on any atom is 0.160 e. The van der Waals surface area contributed by atoms with Crippen LogP contribution in [0.15, 0.2) is 18.7 Å². The molecule has 0 fully saturated rings. The van der Waals surface area contributed by atoms with Crippen molar-refractivity contribution in [3.05, 3.63) is 28.5 Å². The molecular weight excluding hydrogens is 146 g/mol. The average molecular weight is 153 g/mol. The van der Waals surface area contributed by atoms with Crippen LogP contribution in [0, 0.1) is 0 Å². The molecular formula is C7H7NOS. The zero-order valence-electron chi connectivity index (χ0n) is 5.33. The van der Waals surface area contributed by atoms with Gasteiger partial charge in [0, 0.05) is 5.70 Å². The normalized spacial score (nSPS) is 9.20. The van der Waals surface area contributed by atoms with Crippen molar-refractivity contribution in [2.45, 2.75) is 0 Å². The van der Waals surface area contributed by atoms with E-state index in [0.29, 0.717) is 10.6 Å². The summed E-state index contributed by atoms with van der Waals surface area (Å²) in [5.41, 5.74) is 5.89. The molecule has 1 aromatic heterocycles. The Morgan fingerprint density at radius 1 is 1.70 bits per heavy atom. The molecule has 1 heterocycles. The fourth-order valence-electron chi connectivity index (χ4n) is 0.589. The molecule has 1 aromatic rings. The van der Waals surface area contributed by atoms with Gasteiger partial charge in [0.2, 0.25) is 0 Å². The Labute approximate surface area is 63.0 Å². The Kier molecular flexibility index (Phi) is 1.87. The van der Waals surface area contributed by atoms with E-state index >= 15 is 0 Å². The van der Waals surface area contributed by atoms with Crippen molar-refractivity contribution in [2.24, 2.45) is 5.73 Å². The third kappa shape index (κ3) is 1.25. The van der Waals surface area contributed by atoms with Crippen molar-refractivity contribution in [1.29, 1.82) is 0 Å². The van der Waals surface area contributed by atoms with Crippen LogP contribution in [-0.4, -0.2) is 6.29 Å². The quantitative estimate of drug-likeness (QED) is 0.654. The van der Waals surface area contributed by atoms with E-state index in [4.69, 9.17) is 5.73 Å². The molecule has 0 amide bonds. The summed E-state index contributed by atoms with van der Waals surface area (Å²) in [5, 5.41) is 0. The first kappa shape index (κ1) is 7.02. The van der Waals surface area contributed by atoms with Gasteiger partial charge in [0.25, 0.3) is 0 Å². The molecule has 0 saturated heterocycles. The Hall–Kier alpha value is -1.09. The van der Waals surface area contributed by atoms with Gasteiger partial charge in [-0.05, 0) is 12.1 Å². The Morgan fingerprint density at radius 3 is 2.70 bits per heavy atom. The average Bonchev–Trinajstić information content (AvgIpc) is 2.34.